The van der Waals surface area contributed by atoms with Crippen molar-refractivity contribution in [1.82, 2.24) is 15.1 Å². The SMILES string of the molecule is CC(=O)N1C[C@@H]2C[C@H](NC(=O)Cc3cccc(F)c3)CN2C(=O)[C@@H]1C. The number of fused-ring (bicyclic) bond motifs is 1. The summed E-state index contributed by atoms with van der Waals surface area (Å²) in [5.74, 6) is -0.751. The van der Waals surface area contributed by atoms with Crippen molar-refractivity contribution in [3.63, 3.8) is 0 Å². The molecule has 2 fully saturated rings. The molecule has 0 unspecified atom stereocenters. The number of carbonyl (C=O) groups is 3. The summed E-state index contributed by atoms with van der Waals surface area (Å²) in [4.78, 5) is 39.7. The third kappa shape index (κ3) is 3.65. The molecule has 2 heterocycles. The molecule has 0 spiro atoms. The van der Waals surface area contributed by atoms with Crippen LogP contribution in [0.15, 0.2) is 24.3 Å². The number of halogens is 1. The quantitative estimate of drug-likeness (QED) is 0.875. The van der Waals surface area contributed by atoms with Crippen LogP contribution in [0.25, 0.3) is 0 Å². The fourth-order valence-corrected chi connectivity index (χ4v) is 3.74. The van der Waals surface area contributed by atoms with Gasteiger partial charge >= 0.3 is 0 Å². The molecule has 7 heteroatoms. The van der Waals surface area contributed by atoms with Gasteiger partial charge in [0.15, 0.2) is 0 Å². The molecule has 3 rings (SSSR count). The lowest BCUT2D eigenvalue weighted by Gasteiger charge is -2.40. The summed E-state index contributed by atoms with van der Waals surface area (Å²) in [6, 6.07) is 5.29. The molecule has 3 amide bonds. The standard InChI is InChI=1S/C18H22FN3O3/c1-11-18(25)22-9-15(8-16(22)10-21(11)12(2)23)20-17(24)7-13-4-3-5-14(19)6-13/h3-6,11,15-16H,7-10H2,1-2H3,(H,20,24)/t11-,15-,16-/m0/s1. The van der Waals surface area contributed by atoms with Crippen LogP contribution in [-0.2, 0) is 20.8 Å². The van der Waals surface area contributed by atoms with E-state index in [-0.39, 0.29) is 42.0 Å². The van der Waals surface area contributed by atoms with Crippen molar-refractivity contribution in [2.24, 2.45) is 0 Å². The Balaban J connectivity index is 1.60. The summed E-state index contributed by atoms with van der Waals surface area (Å²) in [5, 5.41) is 2.92. The average molecular weight is 347 g/mol. The lowest BCUT2D eigenvalue weighted by Crippen LogP contribution is -2.59. The topological polar surface area (TPSA) is 69.7 Å². The largest absolute Gasteiger partial charge is 0.351 e. The Morgan fingerprint density at radius 2 is 2.08 bits per heavy atom. The van der Waals surface area contributed by atoms with Crippen molar-refractivity contribution >= 4 is 17.7 Å². The molecule has 0 aliphatic carbocycles. The van der Waals surface area contributed by atoms with Gasteiger partial charge in [0, 0.05) is 26.1 Å². The second kappa shape index (κ2) is 6.82. The number of piperazine rings is 1. The highest BCUT2D eigenvalue weighted by Gasteiger charge is 2.44. The normalized spacial score (nSPS) is 25.7. The van der Waals surface area contributed by atoms with E-state index in [2.05, 4.69) is 5.32 Å². The first-order chi connectivity index (χ1) is 11.8. The van der Waals surface area contributed by atoms with Gasteiger partial charge in [-0.1, -0.05) is 12.1 Å². The third-order valence-corrected chi connectivity index (χ3v) is 4.95. The number of nitrogens with zero attached hydrogens (tertiary/aromatic N) is 2. The maximum absolute atomic E-state index is 13.2. The summed E-state index contributed by atoms with van der Waals surface area (Å²) in [7, 11) is 0. The van der Waals surface area contributed by atoms with Gasteiger partial charge in [0.25, 0.3) is 0 Å². The number of hydrogen-bond acceptors (Lipinski definition) is 3. The Morgan fingerprint density at radius 1 is 1.32 bits per heavy atom. The maximum Gasteiger partial charge on any atom is 0.245 e. The summed E-state index contributed by atoms with van der Waals surface area (Å²) in [5.41, 5.74) is 0.612. The van der Waals surface area contributed by atoms with Crippen molar-refractivity contribution in [1.29, 1.82) is 0 Å². The first-order valence-electron chi connectivity index (χ1n) is 8.46. The number of hydrogen-bond donors (Lipinski definition) is 1. The number of rotatable bonds is 3. The molecule has 134 valence electrons. The molecule has 1 aromatic carbocycles. The van der Waals surface area contributed by atoms with Crippen LogP contribution in [0, 0.1) is 5.82 Å². The van der Waals surface area contributed by atoms with Gasteiger partial charge in [0.05, 0.1) is 12.5 Å². The molecular weight excluding hydrogens is 325 g/mol. The molecule has 0 bridgehead atoms. The summed E-state index contributed by atoms with van der Waals surface area (Å²) < 4.78 is 13.2. The highest BCUT2D eigenvalue weighted by molar-refractivity contribution is 5.88. The van der Waals surface area contributed by atoms with E-state index in [0.29, 0.717) is 25.1 Å². The van der Waals surface area contributed by atoms with Gasteiger partial charge in [-0.05, 0) is 31.0 Å². The van der Waals surface area contributed by atoms with Gasteiger partial charge in [0.2, 0.25) is 17.7 Å². The van der Waals surface area contributed by atoms with E-state index >= 15 is 0 Å². The second-order valence-corrected chi connectivity index (χ2v) is 6.80. The molecule has 6 nitrogen and oxygen atoms in total. The molecule has 1 aromatic rings. The molecule has 2 aliphatic rings. The van der Waals surface area contributed by atoms with Crippen molar-refractivity contribution < 1.29 is 18.8 Å². The van der Waals surface area contributed by atoms with Gasteiger partial charge in [0.1, 0.15) is 11.9 Å². The van der Waals surface area contributed by atoms with Crippen LogP contribution in [0.4, 0.5) is 4.39 Å². The van der Waals surface area contributed by atoms with Crippen molar-refractivity contribution in [3.8, 4) is 0 Å². The fraction of sp³-hybridized carbons (Fsp3) is 0.500. The summed E-state index contributed by atoms with van der Waals surface area (Å²) in [6.07, 6.45) is 0.722. The van der Waals surface area contributed by atoms with Gasteiger partial charge in [-0.15, -0.1) is 0 Å². The lowest BCUT2D eigenvalue weighted by molar-refractivity contribution is -0.151. The minimum atomic E-state index is -0.463. The maximum atomic E-state index is 13.2. The number of carbonyl (C=O) groups excluding carboxylic acids is 3. The number of amides is 3. The highest BCUT2D eigenvalue weighted by Crippen LogP contribution is 2.26. The zero-order chi connectivity index (χ0) is 18.1. The van der Waals surface area contributed by atoms with Crippen molar-refractivity contribution in [2.75, 3.05) is 13.1 Å². The van der Waals surface area contributed by atoms with Gasteiger partial charge in [-0.3, -0.25) is 14.4 Å². The van der Waals surface area contributed by atoms with Gasteiger partial charge < -0.3 is 15.1 Å². The van der Waals surface area contributed by atoms with E-state index in [0.717, 1.165) is 0 Å². The molecule has 0 radical (unpaired) electrons. The zero-order valence-corrected chi connectivity index (χ0v) is 14.4. The minimum absolute atomic E-state index is 0.0629. The molecule has 25 heavy (non-hydrogen) atoms. The predicted molar refractivity (Wildman–Crippen MR) is 89.0 cm³/mol. The van der Waals surface area contributed by atoms with Crippen LogP contribution < -0.4 is 5.32 Å². The smallest absolute Gasteiger partial charge is 0.245 e. The van der Waals surface area contributed by atoms with E-state index in [1.54, 1.807) is 28.9 Å². The van der Waals surface area contributed by atoms with Crippen LogP contribution >= 0.6 is 0 Å². The van der Waals surface area contributed by atoms with Crippen LogP contribution in [0.3, 0.4) is 0 Å². The molecule has 0 aromatic heterocycles. The average Bonchev–Trinajstić information content (AvgIpc) is 2.93. The Kier molecular flexibility index (Phi) is 4.74. The predicted octanol–water partition coefficient (Wildman–Crippen LogP) is 0.705. The van der Waals surface area contributed by atoms with Crippen LogP contribution in [0.2, 0.25) is 0 Å². The first-order valence-corrected chi connectivity index (χ1v) is 8.46. The fourth-order valence-electron chi connectivity index (χ4n) is 3.74. The van der Waals surface area contributed by atoms with E-state index in [1.807, 2.05) is 0 Å². The third-order valence-electron chi connectivity index (χ3n) is 4.95. The first kappa shape index (κ1) is 17.4. The monoisotopic (exact) mass is 347 g/mol. The number of nitrogens with one attached hydrogen (secondary N) is 1. The molecule has 1 N–H and O–H groups in total. The molecule has 2 saturated heterocycles. The lowest BCUT2D eigenvalue weighted by atomic mass is 10.1. The highest BCUT2D eigenvalue weighted by atomic mass is 19.1. The van der Waals surface area contributed by atoms with E-state index < -0.39 is 6.04 Å². The van der Waals surface area contributed by atoms with Crippen LogP contribution in [-0.4, -0.2) is 58.7 Å². The molecule has 3 atom stereocenters. The van der Waals surface area contributed by atoms with Crippen LogP contribution in [0.1, 0.15) is 25.8 Å². The molecule has 2 aliphatic heterocycles. The second-order valence-electron chi connectivity index (χ2n) is 6.80. The van der Waals surface area contributed by atoms with Crippen molar-refractivity contribution in [2.45, 2.75) is 44.8 Å². The summed E-state index contributed by atoms with van der Waals surface area (Å²) in [6.45, 7) is 4.15. The Labute approximate surface area is 146 Å². The zero-order valence-electron chi connectivity index (χ0n) is 14.4. The van der Waals surface area contributed by atoms with Gasteiger partial charge in [-0.25, -0.2) is 4.39 Å². The molecule has 0 saturated carbocycles. The Hall–Kier alpha value is -2.44. The summed E-state index contributed by atoms with van der Waals surface area (Å²) >= 11 is 0. The van der Waals surface area contributed by atoms with Crippen LogP contribution in [0.5, 0.6) is 0 Å². The van der Waals surface area contributed by atoms with Gasteiger partial charge in [-0.2, -0.15) is 0 Å². The molecular formula is C18H22FN3O3. The van der Waals surface area contributed by atoms with E-state index in [1.165, 1.54) is 19.1 Å². The Bertz CT molecular complexity index is 709. The van der Waals surface area contributed by atoms with E-state index in [4.69, 9.17) is 0 Å². The number of benzene rings is 1. The minimum Gasteiger partial charge on any atom is -0.351 e. The van der Waals surface area contributed by atoms with E-state index in [9.17, 15) is 18.8 Å². The van der Waals surface area contributed by atoms with Crippen molar-refractivity contribution in [3.05, 3.63) is 35.6 Å². The Morgan fingerprint density at radius 3 is 2.76 bits per heavy atom.